The minimum Gasteiger partial charge on any atom is -0.493 e. The van der Waals surface area contributed by atoms with E-state index in [1.165, 1.54) is 21.3 Å². The zero-order valence-corrected chi connectivity index (χ0v) is 18.7. The third-order valence-corrected chi connectivity index (χ3v) is 4.79. The number of anilines is 1. The van der Waals surface area contributed by atoms with Crippen molar-refractivity contribution in [1.82, 2.24) is 0 Å². The summed E-state index contributed by atoms with van der Waals surface area (Å²) in [4.78, 5) is 24.1. The van der Waals surface area contributed by atoms with Gasteiger partial charge in [0.15, 0.2) is 18.1 Å². The summed E-state index contributed by atoms with van der Waals surface area (Å²) in [5.74, 6) is 0.298. The summed E-state index contributed by atoms with van der Waals surface area (Å²) in [7, 11) is 4.48. The molecule has 0 aromatic heterocycles. The van der Waals surface area contributed by atoms with E-state index >= 15 is 0 Å². The lowest BCUT2D eigenvalue weighted by Crippen LogP contribution is -2.21. The summed E-state index contributed by atoms with van der Waals surface area (Å²) in [6, 6.07) is 8.62. The van der Waals surface area contributed by atoms with E-state index in [0.717, 1.165) is 4.47 Å². The van der Waals surface area contributed by atoms with Crippen molar-refractivity contribution in [3.63, 3.8) is 0 Å². The predicted octanol–water partition coefficient (Wildman–Crippen LogP) is 3.96. The molecule has 2 aromatic rings. The van der Waals surface area contributed by atoms with Crippen LogP contribution in [0.15, 0.2) is 39.3 Å². The van der Waals surface area contributed by atoms with Crippen LogP contribution in [0.4, 0.5) is 5.69 Å². The Kier molecular flexibility index (Phi) is 8.13. The normalized spacial score (nSPS) is 10.2. The highest BCUT2D eigenvalue weighted by Gasteiger charge is 2.16. The van der Waals surface area contributed by atoms with E-state index in [4.69, 9.17) is 18.9 Å². The molecule has 9 heteroatoms. The number of carbonyl (C=O) groups excluding carboxylic acids is 2. The maximum atomic E-state index is 12.1. The van der Waals surface area contributed by atoms with Gasteiger partial charge in [0.05, 0.1) is 33.4 Å². The van der Waals surface area contributed by atoms with E-state index in [1.807, 2.05) is 0 Å². The number of nitrogens with one attached hydrogen (secondary N) is 1. The van der Waals surface area contributed by atoms with Gasteiger partial charge < -0.3 is 24.3 Å². The molecule has 0 fully saturated rings. The standard InChI is InChI=1S/C19H19Br2NO6/c1-25-15-6-11(7-16(26-2)19(15)27-3)8-18(24)28-10-17(23)22-14-5-4-12(20)9-13(14)21/h4-7,9H,8,10H2,1-3H3,(H,22,23). The third-order valence-electron chi connectivity index (χ3n) is 3.64. The Morgan fingerprint density at radius 2 is 1.61 bits per heavy atom. The zero-order chi connectivity index (χ0) is 20.7. The van der Waals surface area contributed by atoms with E-state index in [9.17, 15) is 9.59 Å². The number of amides is 1. The van der Waals surface area contributed by atoms with Gasteiger partial charge in [0.1, 0.15) is 0 Å². The summed E-state index contributed by atoms with van der Waals surface area (Å²) in [5, 5.41) is 2.67. The molecule has 0 saturated carbocycles. The maximum absolute atomic E-state index is 12.1. The van der Waals surface area contributed by atoms with Gasteiger partial charge in [-0.3, -0.25) is 9.59 Å². The third kappa shape index (κ3) is 5.87. The summed E-state index contributed by atoms with van der Waals surface area (Å²) in [5.41, 5.74) is 1.18. The Morgan fingerprint density at radius 1 is 0.964 bits per heavy atom. The number of esters is 1. The van der Waals surface area contributed by atoms with E-state index in [0.29, 0.717) is 33.0 Å². The summed E-state index contributed by atoms with van der Waals surface area (Å²) in [6.07, 6.45) is -0.0496. The van der Waals surface area contributed by atoms with Gasteiger partial charge in [0, 0.05) is 8.95 Å². The topological polar surface area (TPSA) is 83.1 Å². The first-order valence-corrected chi connectivity index (χ1v) is 9.66. The van der Waals surface area contributed by atoms with Gasteiger partial charge in [-0.1, -0.05) is 15.9 Å². The molecule has 2 rings (SSSR count). The minimum atomic E-state index is -0.556. The average molecular weight is 517 g/mol. The van der Waals surface area contributed by atoms with Crippen LogP contribution in [0.5, 0.6) is 17.2 Å². The molecule has 150 valence electrons. The number of ether oxygens (including phenoxy) is 4. The molecule has 1 amide bonds. The second-order valence-corrected chi connectivity index (χ2v) is 7.31. The molecule has 0 radical (unpaired) electrons. The Balaban J connectivity index is 1.96. The first-order valence-electron chi connectivity index (χ1n) is 8.07. The monoisotopic (exact) mass is 515 g/mol. The number of hydrogen-bond acceptors (Lipinski definition) is 6. The molecule has 0 heterocycles. The van der Waals surface area contributed by atoms with Crippen LogP contribution in [0.3, 0.4) is 0 Å². The fourth-order valence-electron chi connectivity index (χ4n) is 2.38. The number of benzene rings is 2. The highest BCUT2D eigenvalue weighted by atomic mass is 79.9. The van der Waals surface area contributed by atoms with Gasteiger partial charge in [-0.05, 0) is 51.8 Å². The molecular formula is C19H19Br2NO6. The smallest absolute Gasteiger partial charge is 0.310 e. The summed E-state index contributed by atoms with van der Waals surface area (Å²) < 4.78 is 22.4. The average Bonchev–Trinajstić information content (AvgIpc) is 2.67. The molecule has 0 aliphatic heterocycles. The van der Waals surface area contributed by atoms with Gasteiger partial charge in [0.25, 0.3) is 5.91 Å². The highest BCUT2D eigenvalue weighted by molar-refractivity contribution is 9.11. The lowest BCUT2D eigenvalue weighted by molar-refractivity contribution is -0.146. The molecule has 0 bridgehead atoms. The molecule has 0 atom stereocenters. The van der Waals surface area contributed by atoms with Crippen molar-refractivity contribution in [2.45, 2.75) is 6.42 Å². The van der Waals surface area contributed by atoms with Gasteiger partial charge in [-0.25, -0.2) is 0 Å². The first kappa shape index (κ1) is 22.0. The number of methoxy groups -OCH3 is 3. The van der Waals surface area contributed by atoms with E-state index in [-0.39, 0.29) is 6.42 Å². The molecular weight excluding hydrogens is 498 g/mol. The van der Waals surface area contributed by atoms with E-state index in [1.54, 1.807) is 30.3 Å². The number of carbonyl (C=O) groups is 2. The van der Waals surface area contributed by atoms with Crippen molar-refractivity contribution < 1.29 is 28.5 Å². The SMILES string of the molecule is COc1cc(CC(=O)OCC(=O)Nc2ccc(Br)cc2Br)cc(OC)c1OC. The lowest BCUT2D eigenvalue weighted by Gasteiger charge is -2.14. The highest BCUT2D eigenvalue weighted by Crippen LogP contribution is 2.38. The van der Waals surface area contributed by atoms with Gasteiger partial charge in [-0.2, -0.15) is 0 Å². The molecule has 0 saturated heterocycles. The van der Waals surface area contributed by atoms with Crippen LogP contribution in [0, 0.1) is 0 Å². The van der Waals surface area contributed by atoms with Crippen LogP contribution >= 0.6 is 31.9 Å². The first-order chi connectivity index (χ1) is 13.4. The molecule has 0 unspecified atom stereocenters. The van der Waals surface area contributed by atoms with Crippen molar-refractivity contribution in [1.29, 1.82) is 0 Å². The van der Waals surface area contributed by atoms with Gasteiger partial charge >= 0.3 is 5.97 Å². The van der Waals surface area contributed by atoms with Crippen molar-refractivity contribution in [2.24, 2.45) is 0 Å². The van der Waals surface area contributed by atoms with Crippen LogP contribution in [0.2, 0.25) is 0 Å². The number of halogens is 2. The molecule has 7 nitrogen and oxygen atoms in total. The molecule has 2 aromatic carbocycles. The Hall–Kier alpha value is -2.26. The Bertz CT molecular complexity index is 846. The molecule has 1 N–H and O–H groups in total. The number of hydrogen-bond donors (Lipinski definition) is 1. The molecule has 28 heavy (non-hydrogen) atoms. The second kappa shape index (κ2) is 10.3. The van der Waals surface area contributed by atoms with Crippen LogP contribution < -0.4 is 19.5 Å². The fourth-order valence-corrected chi connectivity index (χ4v) is 3.52. The second-order valence-electron chi connectivity index (χ2n) is 5.54. The molecule has 0 aliphatic carbocycles. The summed E-state index contributed by atoms with van der Waals surface area (Å²) >= 11 is 6.69. The van der Waals surface area contributed by atoms with Crippen LogP contribution in [0.25, 0.3) is 0 Å². The van der Waals surface area contributed by atoms with Gasteiger partial charge in [-0.15, -0.1) is 0 Å². The maximum Gasteiger partial charge on any atom is 0.310 e. The largest absolute Gasteiger partial charge is 0.493 e. The summed E-state index contributed by atoms with van der Waals surface area (Å²) in [6.45, 7) is -0.397. The van der Waals surface area contributed by atoms with Crippen molar-refractivity contribution >= 4 is 49.4 Å². The lowest BCUT2D eigenvalue weighted by atomic mass is 10.1. The van der Waals surface area contributed by atoms with E-state index < -0.39 is 18.5 Å². The van der Waals surface area contributed by atoms with E-state index in [2.05, 4.69) is 37.2 Å². The van der Waals surface area contributed by atoms with Crippen molar-refractivity contribution in [3.8, 4) is 17.2 Å². The quantitative estimate of drug-likeness (QED) is 0.535. The van der Waals surface area contributed by atoms with Crippen LogP contribution in [-0.2, 0) is 20.7 Å². The Labute approximate surface area is 179 Å². The predicted molar refractivity (Wildman–Crippen MR) is 111 cm³/mol. The van der Waals surface area contributed by atoms with Crippen LogP contribution in [0.1, 0.15) is 5.56 Å². The fraction of sp³-hybridized carbons (Fsp3) is 0.263. The molecule has 0 spiro atoms. The van der Waals surface area contributed by atoms with Crippen molar-refractivity contribution in [2.75, 3.05) is 33.3 Å². The zero-order valence-electron chi connectivity index (χ0n) is 15.5. The Morgan fingerprint density at radius 3 is 2.14 bits per heavy atom. The minimum absolute atomic E-state index is 0.0496. The van der Waals surface area contributed by atoms with Crippen molar-refractivity contribution in [3.05, 3.63) is 44.8 Å². The molecule has 0 aliphatic rings. The van der Waals surface area contributed by atoms with Crippen LogP contribution in [-0.4, -0.2) is 39.8 Å². The number of rotatable bonds is 8. The van der Waals surface area contributed by atoms with Gasteiger partial charge in [0.2, 0.25) is 5.75 Å².